The zero-order valence-corrected chi connectivity index (χ0v) is 18.4. The molecule has 0 radical (unpaired) electrons. The van der Waals surface area contributed by atoms with Crippen LogP contribution in [0.3, 0.4) is 0 Å². The van der Waals surface area contributed by atoms with Crippen molar-refractivity contribution in [2.24, 2.45) is 11.8 Å². The summed E-state index contributed by atoms with van der Waals surface area (Å²) >= 11 is 1.38. The number of carbonyl (C=O) groups is 2. The number of benzene rings is 1. The summed E-state index contributed by atoms with van der Waals surface area (Å²) in [5, 5.41) is 4.76. The lowest BCUT2D eigenvalue weighted by Crippen LogP contribution is -2.38. The van der Waals surface area contributed by atoms with E-state index in [1.165, 1.54) is 41.3 Å². The van der Waals surface area contributed by atoms with Crippen molar-refractivity contribution in [1.29, 1.82) is 0 Å². The highest BCUT2D eigenvalue weighted by molar-refractivity contribution is 7.12. The molecular weight excluding hydrogens is 382 g/mol. The number of piperidine rings is 1. The molecular formula is C23H31N3O2S. The molecule has 156 valence electrons. The Morgan fingerprint density at radius 3 is 2.38 bits per heavy atom. The van der Waals surface area contributed by atoms with Gasteiger partial charge >= 0.3 is 0 Å². The third kappa shape index (κ3) is 6.41. The lowest BCUT2D eigenvalue weighted by molar-refractivity contribution is -0.121. The lowest BCUT2D eigenvalue weighted by Gasteiger charge is -2.35. The van der Waals surface area contributed by atoms with Crippen molar-refractivity contribution in [3.8, 4) is 0 Å². The Morgan fingerprint density at radius 1 is 1.10 bits per heavy atom. The van der Waals surface area contributed by atoms with Crippen LogP contribution in [0.25, 0.3) is 0 Å². The fraction of sp³-hybridized carbons (Fsp3) is 0.478. The Labute approximate surface area is 177 Å². The second-order valence-electron chi connectivity index (χ2n) is 8.37. The normalized spacial score (nSPS) is 19.7. The smallest absolute Gasteiger partial charge is 0.264 e. The third-order valence-electron chi connectivity index (χ3n) is 5.32. The van der Waals surface area contributed by atoms with Crippen LogP contribution in [0.15, 0.2) is 41.8 Å². The number of hydrogen-bond acceptors (Lipinski definition) is 4. The summed E-state index contributed by atoms with van der Waals surface area (Å²) < 4.78 is 0. The summed E-state index contributed by atoms with van der Waals surface area (Å²) in [5.41, 5.74) is 2.37. The number of carbonyl (C=O) groups excluding carboxylic acids is 2. The molecule has 2 atom stereocenters. The van der Waals surface area contributed by atoms with Crippen molar-refractivity contribution >= 4 is 23.2 Å². The Bertz CT molecular complexity index is 794. The quantitative estimate of drug-likeness (QED) is 0.754. The Kier molecular flexibility index (Phi) is 7.45. The molecule has 0 unspecified atom stereocenters. The van der Waals surface area contributed by atoms with Crippen molar-refractivity contribution in [3.05, 3.63) is 57.8 Å². The van der Waals surface area contributed by atoms with Gasteiger partial charge in [-0.05, 0) is 40.8 Å². The van der Waals surface area contributed by atoms with E-state index in [9.17, 15) is 9.59 Å². The molecule has 1 aliphatic heterocycles. The first kappa shape index (κ1) is 21.5. The van der Waals surface area contributed by atoms with Crippen LogP contribution in [0.4, 0.5) is 0 Å². The van der Waals surface area contributed by atoms with E-state index in [4.69, 9.17) is 0 Å². The number of hydrogen-bond donors (Lipinski definition) is 1. The molecule has 29 heavy (non-hydrogen) atoms. The monoisotopic (exact) mass is 413 g/mol. The summed E-state index contributed by atoms with van der Waals surface area (Å²) in [5.74, 6) is 1.25. The molecule has 0 bridgehead atoms. The number of nitrogens with one attached hydrogen (secondary N) is 1. The molecule has 5 nitrogen and oxygen atoms in total. The van der Waals surface area contributed by atoms with Crippen LogP contribution in [0.2, 0.25) is 0 Å². The van der Waals surface area contributed by atoms with E-state index in [0.29, 0.717) is 11.4 Å². The molecule has 2 heterocycles. The van der Waals surface area contributed by atoms with Gasteiger partial charge in [0.15, 0.2) is 0 Å². The van der Waals surface area contributed by atoms with E-state index in [0.717, 1.165) is 23.9 Å². The predicted octanol–water partition coefficient (Wildman–Crippen LogP) is 3.61. The van der Waals surface area contributed by atoms with Gasteiger partial charge in [-0.2, -0.15) is 0 Å². The van der Waals surface area contributed by atoms with E-state index in [2.05, 4.69) is 48.3 Å². The predicted molar refractivity (Wildman–Crippen MR) is 118 cm³/mol. The first-order chi connectivity index (χ1) is 13.9. The van der Waals surface area contributed by atoms with Gasteiger partial charge in [0.2, 0.25) is 5.91 Å². The van der Waals surface area contributed by atoms with Crippen molar-refractivity contribution in [3.63, 3.8) is 0 Å². The maximum atomic E-state index is 12.2. The van der Waals surface area contributed by atoms with Gasteiger partial charge in [0.1, 0.15) is 0 Å². The molecule has 2 aromatic rings. The second kappa shape index (κ2) is 10.0. The van der Waals surface area contributed by atoms with E-state index in [1.807, 2.05) is 11.4 Å². The third-order valence-corrected chi connectivity index (χ3v) is 6.18. The van der Waals surface area contributed by atoms with Gasteiger partial charge in [0.05, 0.1) is 11.4 Å². The van der Waals surface area contributed by atoms with Crippen LogP contribution in [-0.4, -0.2) is 48.3 Å². The van der Waals surface area contributed by atoms with Crippen LogP contribution in [0.5, 0.6) is 0 Å². The minimum absolute atomic E-state index is 0.0557. The molecule has 0 aliphatic carbocycles. The summed E-state index contributed by atoms with van der Waals surface area (Å²) in [6.07, 6.45) is 1.32. The van der Waals surface area contributed by atoms with Crippen molar-refractivity contribution in [1.82, 2.24) is 15.1 Å². The van der Waals surface area contributed by atoms with Gasteiger partial charge in [0, 0.05) is 33.2 Å². The van der Waals surface area contributed by atoms with E-state index < -0.39 is 0 Å². The molecule has 1 aromatic carbocycles. The van der Waals surface area contributed by atoms with E-state index >= 15 is 0 Å². The summed E-state index contributed by atoms with van der Waals surface area (Å²) in [7, 11) is 1.65. The first-order valence-corrected chi connectivity index (χ1v) is 11.1. The fourth-order valence-electron chi connectivity index (χ4n) is 4.07. The molecule has 3 rings (SSSR count). The van der Waals surface area contributed by atoms with Crippen LogP contribution in [0.1, 0.15) is 41.1 Å². The molecule has 1 fully saturated rings. The van der Waals surface area contributed by atoms with Gasteiger partial charge in [0.25, 0.3) is 5.91 Å². The van der Waals surface area contributed by atoms with Gasteiger partial charge in [-0.3, -0.25) is 14.5 Å². The molecule has 0 spiro atoms. The highest BCUT2D eigenvalue weighted by Crippen LogP contribution is 2.22. The van der Waals surface area contributed by atoms with Crippen LogP contribution in [-0.2, 0) is 17.9 Å². The van der Waals surface area contributed by atoms with Gasteiger partial charge in [-0.15, -0.1) is 11.3 Å². The van der Waals surface area contributed by atoms with Gasteiger partial charge in [-0.25, -0.2) is 0 Å². The largest absolute Gasteiger partial charge is 0.350 e. The van der Waals surface area contributed by atoms with E-state index in [1.54, 1.807) is 13.1 Å². The molecule has 6 heteroatoms. The number of likely N-dealkylation sites (N-methyl/N-ethyl adjacent to an activating group) is 1. The standard InChI is InChI=1S/C23H31N3O2S/c1-17-11-18(2)14-26(13-17)15-20-8-6-19(7-9-20)12-24-22(27)16-25(3)23(28)21-5-4-10-29-21/h4-10,17-18H,11-16H2,1-3H3,(H,24,27)/t17-,18-/m1/s1. The first-order valence-electron chi connectivity index (χ1n) is 10.3. The molecule has 1 saturated heterocycles. The Balaban J connectivity index is 1.43. The summed E-state index contributed by atoms with van der Waals surface area (Å²) in [6.45, 7) is 8.51. The fourth-order valence-corrected chi connectivity index (χ4v) is 4.79. The maximum absolute atomic E-state index is 12.2. The number of thiophene rings is 1. The van der Waals surface area contributed by atoms with Gasteiger partial charge < -0.3 is 10.2 Å². The zero-order chi connectivity index (χ0) is 20.8. The zero-order valence-electron chi connectivity index (χ0n) is 17.6. The molecule has 1 N–H and O–H groups in total. The SMILES string of the molecule is C[C@@H]1C[C@@H](C)CN(Cc2ccc(CNC(=O)CN(C)C(=O)c3cccs3)cc2)C1. The van der Waals surface area contributed by atoms with E-state index in [-0.39, 0.29) is 18.4 Å². The maximum Gasteiger partial charge on any atom is 0.264 e. The van der Waals surface area contributed by atoms with Crippen LogP contribution < -0.4 is 5.32 Å². The number of amides is 2. The van der Waals surface area contributed by atoms with Crippen LogP contribution in [0, 0.1) is 11.8 Å². The minimum atomic E-state index is -0.155. The second-order valence-corrected chi connectivity index (χ2v) is 9.32. The molecule has 1 aliphatic rings. The highest BCUT2D eigenvalue weighted by atomic mass is 32.1. The van der Waals surface area contributed by atoms with Crippen molar-refractivity contribution < 1.29 is 9.59 Å². The average molecular weight is 414 g/mol. The summed E-state index contributed by atoms with van der Waals surface area (Å²) in [6, 6.07) is 12.1. The number of rotatable bonds is 7. The minimum Gasteiger partial charge on any atom is -0.350 e. The number of nitrogens with zero attached hydrogens (tertiary/aromatic N) is 2. The topological polar surface area (TPSA) is 52.7 Å². The average Bonchev–Trinajstić information content (AvgIpc) is 3.20. The molecule has 1 aromatic heterocycles. The molecule has 2 amide bonds. The van der Waals surface area contributed by atoms with Crippen LogP contribution >= 0.6 is 11.3 Å². The number of likely N-dealkylation sites (tertiary alicyclic amines) is 1. The highest BCUT2D eigenvalue weighted by Gasteiger charge is 2.21. The molecule has 0 saturated carbocycles. The van der Waals surface area contributed by atoms with Gasteiger partial charge in [-0.1, -0.05) is 44.2 Å². The Morgan fingerprint density at radius 2 is 1.76 bits per heavy atom. The van der Waals surface area contributed by atoms with Crippen molar-refractivity contribution in [2.45, 2.75) is 33.4 Å². The summed E-state index contributed by atoms with van der Waals surface area (Å²) in [4.78, 5) is 29.0. The van der Waals surface area contributed by atoms with Crippen molar-refractivity contribution in [2.75, 3.05) is 26.7 Å². The Hall–Kier alpha value is -2.18. The lowest BCUT2D eigenvalue weighted by atomic mass is 9.91.